The molecule has 1 aromatic rings. The van der Waals surface area contributed by atoms with E-state index in [4.69, 9.17) is 22.7 Å². The van der Waals surface area contributed by atoms with E-state index in [-0.39, 0.29) is 0 Å². The standard InChI is InChI=1S/C14H23N3OS/c1-9-7-16-12(11(3)14(9)18-5)8-17(4)10(2)6-13(15)19/h7,10H,6,8H2,1-5H3,(H2,15,19). The van der Waals surface area contributed by atoms with Crippen molar-refractivity contribution in [2.24, 2.45) is 5.73 Å². The van der Waals surface area contributed by atoms with Crippen molar-refractivity contribution in [3.63, 3.8) is 0 Å². The average Bonchev–Trinajstić information content (AvgIpc) is 2.32. The maximum Gasteiger partial charge on any atom is 0.128 e. The first-order chi connectivity index (χ1) is 8.86. The van der Waals surface area contributed by atoms with E-state index in [1.54, 1.807) is 7.11 Å². The lowest BCUT2D eigenvalue weighted by molar-refractivity contribution is 0.251. The first kappa shape index (κ1) is 15.9. The number of hydrogen-bond acceptors (Lipinski definition) is 4. The largest absolute Gasteiger partial charge is 0.496 e. The molecule has 0 bridgehead atoms. The van der Waals surface area contributed by atoms with Crippen LogP contribution in [0.5, 0.6) is 5.75 Å². The molecule has 0 fully saturated rings. The van der Waals surface area contributed by atoms with Crippen LogP contribution in [0.1, 0.15) is 30.2 Å². The zero-order valence-corrected chi connectivity index (χ0v) is 13.2. The van der Waals surface area contributed by atoms with Gasteiger partial charge in [0.2, 0.25) is 0 Å². The lowest BCUT2D eigenvalue weighted by Gasteiger charge is -2.25. The summed E-state index contributed by atoms with van der Waals surface area (Å²) in [5.74, 6) is 0.917. The van der Waals surface area contributed by atoms with Gasteiger partial charge in [-0.15, -0.1) is 0 Å². The van der Waals surface area contributed by atoms with Crippen molar-refractivity contribution < 1.29 is 4.74 Å². The number of thiocarbonyl (C=S) groups is 1. The van der Waals surface area contributed by atoms with Crippen molar-refractivity contribution in [2.45, 2.75) is 39.8 Å². The number of aryl methyl sites for hydroxylation is 1. The highest BCUT2D eigenvalue weighted by Gasteiger charge is 2.15. The van der Waals surface area contributed by atoms with E-state index in [9.17, 15) is 0 Å². The number of hydrogen-bond donors (Lipinski definition) is 1. The molecule has 19 heavy (non-hydrogen) atoms. The van der Waals surface area contributed by atoms with Gasteiger partial charge in [-0.25, -0.2) is 0 Å². The molecule has 1 unspecified atom stereocenters. The van der Waals surface area contributed by atoms with Crippen molar-refractivity contribution in [3.8, 4) is 5.75 Å². The summed E-state index contributed by atoms with van der Waals surface area (Å²) >= 11 is 4.95. The zero-order valence-electron chi connectivity index (χ0n) is 12.4. The molecule has 0 aliphatic heterocycles. The maximum atomic E-state index is 5.59. The van der Waals surface area contributed by atoms with Gasteiger partial charge in [0.25, 0.3) is 0 Å². The Morgan fingerprint density at radius 2 is 2.16 bits per heavy atom. The van der Waals surface area contributed by atoms with E-state index in [1.165, 1.54) is 0 Å². The molecule has 0 amide bonds. The molecule has 4 nitrogen and oxygen atoms in total. The molecule has 0 saturated heterocycles. The third kappa shape index (κ3) is 4.14. The highest BCUT2D eigenvalue weighted by atomic mass is 32.1. The summed E-state index contributed by atoms with van der Waals surface area (Å²) in [6, 6.07) is 0.297. The fourth-order valence-corrected chi connectivity index (χ4v) is 2.31. The fraction of sp³-hybridized carbons (Fsp3) is 0.571. The molecule has 0 radical (unpaired) electrons. The molecule has 0 aliphatic carbocycles. The molecule has 0 spiro atoms. The molecule has 1 heterocycles. The van der Waals surface area contributed by atoms with Gasteiger partial charge in [-0.2, -0.15) is 0 Å². The Morgan fingerprint density at radius 3 is 2.68 bits per heavy atom. The summed E-state index contributed by atoms with van der Waals surface area (Å²) < 4.78 is 5.42. The molecular formula is C14H23N3OS. The van der Waals surface area contributed by atoms with E-state index in [2.05, 4.69) is 23.9 Å². The Balaban J connectivity index is 2.85. The van der Waals surface area contributed by atoms with Gasteiger partial charge < -0.3 is 10.5 Å². The number of nitrogens with zero attached hydrogens (tertiary/aromatic N) is 2. The Morgan fingerprint density at radius 1 is 1.53 bits per heavy atom. The quantitative estimate of drug-likeness (QED) is 0.810. The summed E-state index contributed by atoms with van der Waals surface area (Å²) in [6.07, 6.45) is 2.57. The molecule has 106 valence electrons. The van der Waals surface area contributed by atoms with Crippen LogP contribution in [0.25, 0.3) is 0 Å². The fourth-order valence-electron chi connectivity index (χ4n) is 2.07. The zero-order chi connectivity index (χ0) is 14.6. The summed E-state index contributed by atoms with van der Waals surface area (Å²) in [4.78, 5) is 7.25. The second-order valence-corrected chi connectivity index (χ2v) is 5.51. The number of methoxy groups -OCH3 is 1. The first-order valence-corrected chi connectivity index (χ1v) is 6.75. The van der Waals surface area contributed by atoms with Crippen LogP contribution in [0, 0.1) is 13.8 Å². The van der Waals surface area contributed by atoms with Gasteiger partial charge in [0, 0.05) is 36.3 Å². The SMILES string of the molecule is COc1c(C)cnc(CN(C)C(C)CC(N)=S)c1C. The molecule has 2 N–H and O–H groups in total. The lowest BCUT2D eigenvalue weighted by atomic mass is 10.1. The predicted octanol–water partition coefficient (Wildman–Crippen LogP) is 2.20. The van der Waals surface area contributed by atoms with Crippen LogP contribution >= 0.6 is 12.2 Å². The van der Waals surface area contributed by atoms with Crippen LogP contribution in [-0.2, 0) is 6.54 Å². The lowest BCUT2D eigenvalue weighted by Crippen LogP contribution is -2.32. The van der Waals surface area contributed by atoms with Crippen LogP contribution in [-0.4, -0.2) is 35.1 Å². The number of nitrogens with two attached hydrogens (primary N) is 1. The van der Waals surface area contributed by atoms with Crippen molar-refractivity contribution in [1.29, 1.82) is 0 Å². The number of rotatable bonds is 6. The molecule has 1 aromatic heterocycles. The summed E-state index contributed by atoms with van der Waals surface area (Å²) in [6.45, 7) is 6.91. The normalized spacial score (nSPS) is 12.5. The van der Waals surface area contributed by atoms with E-state index in [0.29, 0.717) is 17.5 Å². The van der Waals surface area contributed by atoms with Gasteiger partial charge in [-0.05, 0) is 27.8 Å². The Kier molecular flexibility index (Phi) is 5.69. The molecule has 1 rings (SSSR count). The second-order valence-electron chi connectivity index (χ2n) is 4.98. The highest BCUT2D eigenvalue weighted by molar-refractivity contribution is 7.80. The monoisotopic (exact) mass is 281 g/mol. The molecule has 0 aromatic carbocycles. The van der Waals surface area contributed by atoms with Gasteiger partial charge in [-0.1, -0.05) is 12.2 Å². The topological polar surface area (TPSA) is 51.4 Å². The van der Waals surface area contributed by atoms with E-state index in [1.807, 2.05) is 20.0 Å². The maximum absolute atomic E-state index is 5.59. The Hall–Kier alpha value is -1.20. The Bertz CT molecular complexity index is 462. The van der Waals surface area contributed by atoms with Crippen LogP contribution in [0.3, 0.4) is 0 Å². The van der Waals surface area contributed by atoms with E-state index in [0.717, 1.165) is 29.1 Å². The molecule has 1 atom stereocenters. The van der Waals surface area contributed by atoms with Crippen LogP contribution < -0.4 is 10.5 Å². The molecular weight excluding hydrogens is 258 g/mol. The molecule has 5 heteroatoms. The third-order valence-electron chi connectivity index (χ3n) is 3.40. The smallest absolute Gasteiger partial charge is 0.128 e. The van der Waals surface area contributed by atoms with Crippen LogP contribution in [0.4, 0.5) is 0 Å². The minimum absolute atomic E-state index is 0.297. The van der Waals surface area contributed by atoms with Gasteiger partial charge in [0.05, 0.1) is 17.8 Å². The van der Waals surface area contributed by atoms with Crippen molar-refractivity contribution in [2.75, 3.05) is 14.2 Å². The minimum atomic E-state index is 0.297. The van der Waals surface area contributed by atoms with Gasteiger partial charge in [-0.3, -0.25) is 9.88 Å². The highest BCUT2D eigenvalue weighted by Crippen LogP contribution is 2.24. The van der Waals surface area contributed by atoms with Crippen LogP contribution in [0.2, 0.25) is 0 Å². The number of aromatic nitrogens is 1. The third-order valence-corrected chi connectivity index (χ3v) is 3.56. The number of pyridine rings is 1. The Labute approximate surface area is 121 Å². The van der Waals surface area contributed by atoms with Gasteiger partial charge in [0.15, 0.2) is 0 Å². The minimum Gasteiger partial charge on any atom is -0.496 e. The summed E-state index contributed by atoms with van der Waals surface area (Å²) in [7, 11) is 3.74. The first-order valence-electron chi connectivity index (χ1n) is 6.34. The van der Waals surface area contributed by atoms with Crippen molar-refractivity contribution in [1.82, 2.24) is 9.88 Å². The molecule has 0 aliphatic rings. The van der Waals surface area contributed by atoms with Crippen molar-refractivity contribution in [3.05, 3.63) is 23.0 Å². The van der Waals surface area contributed by atoms with Gasteiger partial charge in [0.1, 0.15) is 5.75 Å². The van der Waals surface area contributed by atoms with E-state index < -0.39 is 0 Å². The predicted molar refractivity (Wildman–Crippen MR) is 82.6 cm³/mol. The van der Waals surface area contributed by atoms with Gasteiger partial charge >= 0.3 is 0 Å². The van der Waals surface area contributed by atoms with Crippen molar-refractivity contribution >= 4 is 17.2 Å². The summed E-state index contributed by atoms with van der Waals surface area (Å²) in [5.41, 5.74) is 8.77. The van der Waals surface area contributed by atoms with Crippen LogP contribution in [0.15, 0.2) is 6.20 Å². The second kappa shape index (κ2) is 6.82. The summed E-state index contributed by atoms with van der Waals surface area (Å²) in [5, 5.41) is 0. The number of ether oxygens (including phenoxy) is 1. The van der Waals surface area contributed by atoms with E-state index >= 15 is 0 Å². The molecule has 0 saturated carbocycles. The average molecular weight is 281 g/mol.